The molecular formula is C20H23NS2. The normalized spacial score (nSPS) is 11.5. The zero-order chi connectivity index (χ0) is 16.4. The van der Waals surface area contributed by atoms with Gasteiger partial charge in [-0.25, -0.2) is 4.98 Å². The second kappa shape index (κ2) is 6.98. The number of aryl methyl sites for hydroxylation is 3. The lowest BCUT2D eigenvalue weighted by Crippen LogP contribution is -1.91. The van der Waals surface area contributed by atoms with E-state index in [1.807, 2.05) is 28.7 Å². The Hall–Kier alpha value is -1.45. The van der Waals surface area contributed by atoms with Gasteiger partial charge in [0.05, 0.1) is 10.7 Å². The number of hydrogen-bond donors (Lipinski definition) is 0. The SMILES string of the molecule is C=CCc1csc2cc(CCc3sc(C(C)C)nc3C)ccc12. The highest BCUT2D eigenvalue weighted by molar-refractivity contribution is 7.17. The van der Waals surface area contributed by atoms with Crippen molar-refractivity contribution in [1.82, 2.24) is 4.98 Å². The van der Waals surface area contributed by atoms with E-state index in [0.29, 0.717) is 5.92 Å². The molecule has 0 saturated heterocycles. The largest absolute Gasteiger partial charge is 0.246 e. The van der Waals surface area contributed by atoms with Crippen LogP contribution in [0.4, 0.5) is 0 Å². The summed E-state index contributed by atoms with van der Waals surface area (Å²) in [6.45, 7) is 10.4. The predicted octanol–water partition coefficient (Wildman–Crippen LogP) is 6.30. The van der Waals surface area contributed by atoms with Gasteiger partial charge in [0, 0.05) is 15.5 Å². The molecule has 3 heteroatoms. The van der Waals surface area contributed by atoms with Crippen LogP contribution in [0.25, 0.3) is 10.1 Å². The van der Waals surface area contributed by atoms with Crippen molar-refractivity contribution in [3.05, 3.63) is 62.9 Å². The molecule has 0 aliphatic heterocycles. The van der Waals surface area contributed by atoms with Crippen LogP contribution < -0.4 is 0 Å². The number of allylic oxidation sites excluding steroid dienone is 1. The van der Waals surface area contributed by atoms with E-state index in [-0.39, 0.29) is 0 Å². The van der Waals surface area contributed by atoms with E-state index in [0.717, 1.165) is 19.3 Å². The van der Waals surface area contributed by atoms with Gasteiger partial charge in [-0.15, -0.1) is 29.3 Å². The molecule has 0 aliphatic carbocycles. The maximum absolute atomic E-state index is 4.71. The van der Waals surface area contributed by atoms with Crippen molar-refractivity contribution in [1.29, 1.82) is 0 Å². The quantitative estimate of drug-likeness (QED) is 0.479. The van der Waals surface area contributed by atoms with Gasteiger partial charge in [-0.3, -0.25) is 0 Å². The zero-order valence-corrected chi connectivity index (χ0v) is 15.7. The summed E-state index contributed by atoms with van der Waals surface area (Å²) < 4.78 is 1.39. The molecule has 0 amide bonds. The average Bonchev–Trinajstić information content (AvgIpc) is 3.09. The molecule has 0 bridgehead atoms. The van der Waals surface area contributed by atoms with Gasteiger partial charge in [-0.2, -0.15) is 0 Å². The number of thiazole rings is 1. The molecular weight excluding hydrogens is 318 g/mol. The van der Waals surface area contributed by atoms with Gasteiger partial charge in [0.25, 0.3) is 0 Å². The van der Waals surface area contributed by atoms with Crippen LogP contribution in [0.15, 0.2) is 36.2 Å². The minimum absolute atomic E-state index is 0.526. The Labute approximate surface area is 146 Å². The van der Waals surface area contributed by atoms with E-state index in [9.17, 15) is 0 Å². The Bertz CT molecular complexity index is 823. The van der Waals surface area contributed by atoms with Gasteiger partial charge in [0.15, 0.2) is 0 Å². The molecule has 23 heavy (non-hydrogen) atoms. The van der Waals surface area contributed by atoms with E-state index in [2.05, 4.69) is 50.9 Å². The highest BCUT2D eigenvalue weighted by Crippen LogP contribution is 2.29. The van der Waals surface area contributed by atoms with Crippen LogP contribution in [0.1, 0.15) is 46.5 Å². The van der Waals surface area contributed by atoms with Crippen molar-refractivity contribution in [2.24, 2.45) is 0 Å². The third-order valence-corrected chi connectivity index (χ3v) is 6.64. The third-order valence-electron chi connectivity index (χ3n) is 4.13. The van der Waals surface area contributed by atoms with Gasteiger partial charge in [0.2, 0.25) is 0 Å². The Morgan fingerprint density at radius 2 is 2.09 bits per heavy atom. The maximum atomic E-state index is 4.71. The van der Waals surface area contributed by atoms with E-state index in [1.54, 1.807) is 0 Å². The van der Waals surface area contributed by atoms with Gasteiger partial charge in [0.1, 0.15) is 0 Å². The van der Waals surface area contributed by atoms with Crippen molar-refractivity contribution >= 4 is 32.8 Å². The molecule has 0 saturated carbocycles. The van der Waals surface area contributed by atoms with Crippen LogP contribution in [0, 0.1) is 6.92 Å². The molecule has 2 heterocycles. The smallest absolute Gasteiger partial charge is 0.0956 e. The summed E-state index contributed by atoms with van der Waals surface area (Å²) in [5.41, 5.74) is 4.03. The molecule has 0 aliphatic rings. The number of thiophene rings is 1. The first kappa shape index (κ1) is 16.4. The van der Waals surface area contributed by atoms with Crippen LogP contribution in [-0.4, -0.2) is 4.98 Å². The van der Waals surface area contributed by atoms with Crippen molar-refractivity contribution < 1.29 is 0 Å². The summed E-state index contributed by atoms with van der Waals surface area (Å²) in [7, 11) is 0. The zero-order valence-electron chi connectivity index (χ0n) is 14.1. The van der Waals surface area contributed by atoms with Gasteiger partial charge < -0.3 is 0 Å². The minimum atomic E-state index is 0.526. The fraction of sp³-hybridized carbons (Fsp3) is 0.350. The molecule has 0 atom stereocenters. The minimum Gasteiger partial charge on any atom is -0.246 e. The number of fused-ring (bicyclic) bond motifs is 1. The second-order valence-corrected chi connectivity index (χ2v) is 8.33. The lowest BCUT2D eigenvalue weighted by atomic mass is 10.0. The van der Waals surface area contributed by atoms with Crippen LogP contribution in [0.5, 0.6) is 0 Å². The molecule has 0 radical (unpaired) electrons. The molecule has 1 aromatic carbocycles. The summed E-state index contributed by atoms with van der Waals surface area (Å²) in [6.07, 6.45) is 5.11. The molecule has 3 aromatic rings. The molecule has 3 rings (SSSR count). The monoisotopic (exact) mass is 341 g/mol. The highest BCUT2D eigenvalue weighted by atomic mass is 32.1. The fourth-order valence-electron chi connectivity index (χ4n) is 2.78. The molecule has 1 nitrogen and oxygen atoms in total. The van der Waals surface area contributed by atoms with Gasteiger partial charge in [-0.1, -0.05) is 32.1 Å². The topological polar surface area (TPSA) is 12.9 Å². The number of nitrogens with zero attached hydrogens (tertiary/aromatic N) is 1. The Balaban J connectivity index is 1.75. The van der Waals surface area contributed by atoms with E-state index < -0.39 is 0 Å². The first-order valence-corrected chi connectivity index (χ1v) is 9.84. The first-order valence-electron chi connectivity index (χ1n) is 8.14. The van der Waals surface area contributed by atoms with E-state index in [4.69, 9.17) is 4.98 Å². The summed E-state index contributed by atoms with van der Waals surface area (Å²) >= 11 is 3.72. The molecule has 0 fully saturated rings. The first-order chi connectivity index (χ1) is 11.1. The number of benzene rings is 1. The van der Waals surface area contributed by atoms with Gasteiger partial charge >= 0.3 is 0 Å². The average molecular weight is 342 g/mol. The third kappa shape index (κ3) is 3.56. The molecule has 2 aromatic heterocycles. The highest BCUT2D eigenvalue weighted by Gasteiger charge is 2.11. The molecule has 0 unspecified atom stereocenters. The molecule has 0 spiro atoms. The van der Waals surface area contributed by atoms with Crippen molar-refractivity contribution in [3.8, 4) is 0 Å². The number of aromatic nitrogens is 1. The number of rotatable bonds is 6. The summed E-state index contributed by atoms with van der Waals surface area (Å²) in [5.74, 6) is 0.526. The fourth-order valence-corrected chi connectivity index (χ4v) is 4.89. The van der Waals surface area contributed by atoms with Gasteiger partial charge in [-0.05, 0) is 54.1 Å². The van der Waals surface area contributed by atoms with Crippen molar-refractivity contribution in [2.75, 3.05) is 0 Å². The summed E-state index contributed by atoms with van der Waals surface area (Å²) in [6, 6.07) is 6.91. The summed E-state index contributed by atoms with van der Waals surface area (Å²) in [4.78, 5) is 6.14. The lowest BCUT2D eigenvalue weighted by molar-refractivity contribution is 0.845. The van der Waals surface area contributed by atoms with E-state index in [1.165, 1.54) is 36.8 Å². The Morgan fingerprint density at radius 3 is 2.78 bits per heavy atom. The Kier molecular flexibility index (Phi) is 4.98. The van der Waals surface area contributed by atoms with Crippen LogP contribution in [0.3, 0.4) is 0 Å². The summed E-state index contributed by atoms with van der Waals surface area (Å²) in [5, 5.41) is 4.91. The van der Waals surface area contributed by atoms with Crippen LogP contribution in [-0.2, 0) is 19.3 Å². The molecule has 120 valence electrons. The lowest BCUT2D eigenvalue weighted by Gasteiger charge is -2.02. The standard InChI is InChI=1S/C20H23NS2/c1-5-6-16-12-22-19-11-15(7-9-17(16)19)8-10-18-14(4)21-20(23-18)13(2)3/h5,7,9,11-13H,1,6,8,10H2,2-4H3. The van der Waals surface area contributed by atoms with Crippen LogP contribution in [0.2, 0.25) is 0 Å². The van der Waals surface area contributed by atoms with Crippen molar-refractivity contribution in [3.63, 3.8) is 0 Å². The number of hydrogen-bond acceptors (Lipinski definition) is 3. The maximum Gasteiger partial charge on any atom is 0.0956 e. The predicted molar refractivity (Wildman–Crippen MR) is 104 cm³/mol. The molecule has 0 N–H and O–H groups in total. The second-order valence-electron chi connectivity index (χ2n) is 6.30. The van der Waals surface area contributed by atoms with E-state index >= 15 is 0 Å². The Morgan fingerprint density at radius 1 is 1.26 bits per heavy atom. The van der Waals surface area contributed by atoms with Crippen molar-refractivity contribution in [2.45, 2.75) is 46.0 Å². The van der Waals surface area contributed by atoms with Crippen LogP contribution >= 0.6 is 22.7 Å².